The fourth-order valence-corrected chi connectivity index (χ4v) is 3.52. The molecule has 2 heterocycles. The van der Waals surface area contributed by atoms with Crippen molar-refractivity contribution in [1.29, 1.82) is 0 Å². The number of hydrogen-bond donors (Lipinski definition) is 1. The van der Waals surface area contributed by atoms with E-state index in [1.54, 1.807) is 0 Å². The number of amides is 1. The van der Waals surface area contributed by atoms with Crippen LogP contribution in [0.25, 0.3) is 5.69 Å². The lowest BCUT2D eigenvalue weighted by Crippen LogP contribution is -2.41. The minimum atomic E-state index is 0.0819. The van der Waals surface area contributed by atoms with Crippen molar-refractivity contribution in [1.82, 2.24) is 9.47 Å². The molecule has 4 nitrogen and oxygen atoms in total. The SMILES string of the molecule is Cc1cc(C(=O)N2CCCC(CO)C2)c(C)n1-c1ccccc1. The van der Waals surface area contributed by atoms with Crippen molar-refractivity contribution < 1.29 is 9.90 Å². The van der Waals surface area contributed by atoms with Crippen molar-refractivity contribution in [3.05, 3.63) is 53.3 Å². The van der Waals surface area contributed by atoms with E-state index in [4.69, 9.17) is 0 Å². The second-order valence-electron chi connectivity index (χ2n) is 6.40. The summed E-state index contributed by atoms with van der Waals surface area (Å²) in [6, 6.07) is 12.1. The number of aryl methyl sites for hydroxylation is 1. The van der Waals surface area contributed by atoms with Crippen LogP contribution in [-0.2, 0) is 0 Å². The molecule has 1 aromatic heterocycles. The number of hydrogen-bond acceptors (Lipinski definition) is 2. The number of benzene rings is 1. The van der Waals surface area contributed by atoms with Crippen LogP contribution in [0.1, 0.15) is 34.6 Å². The van der Waals surface area contributed by atoms with E-state index in [-0.39, 0.29) is 18.4 Å². The number of piperidine rings is 1. The van der Waals surface area contributed by atoms with Gasteiger partial charge in [-0.25, -0.2) is 0 Å². The molecule has 1 unspecified atom stereocenters. The largest absolute Gasteiger partial charge is 0.396 e. The highest BCUT2D eigenvalue weighted by Gasteiger charge is 2.26. The number of carbonyl (C=O) groups is 1. The third kappa shape index (κ3) is 3.04. The molecule has 1 aliphatic heterocycles. The third-order valence-corrected chi connectivity index (χ3v) is 4.74. The molecule has 0 radical (unpaired) electrons. The quantitative estimate of drug-likeness (QED) is 0.947. The Labute approximate surface area is 137 Å². The fraction of sp³-hybridized carbons (Fsp3) is 0.421. The Kier molecular flexibility index (Phi) is 4.53. The molecule has 0 aliphatic carbocycles. The number of carbonyl (C=O) groups excluding carboxylic acids is 1. The first-order valence-electron chi connectivity index (χ1n) is 8.26. The van der Waals surface area contributed by atoms with Crippen LogP contribution in [0.5, 0.6) is 0 Å². The molecule has 122 valence electrons. The molecule has 1 saturated heterocycles. The van der Waals surface area contributed by atoms with Crippen molar-refractivity contribution in [2.75, 3.05) is 19.7 Å². The fourth-order valence-electron chi connectivity index (χ4n) is 3.52. The van der Waals surface area contributed by atoms with Gasteiger partial charge in [0.05, 0.1) is 5.56 Å². The van der Waals surface area contributed by atoms with E-state index < -0.39 is 0 Å². The molecular weight excluding hydrogens is 288 g/mol. The average Bonchev–Trinajstić information content (AvgIpc) is 2.89. The molecule has 0 spiro atoms. The number of nitrogens with zero attached hydrogens (tertiary/aromatic N) is 2. The number of likely N-dealkylation sites (tertiary alicyclic amines) is 1. The Morgan fingerprint density at radius 2 is 2.00 bits per heavy atom. The van der Waals surface area contributed by atoms with Crippen LogP contribution in [-0.4, -0.2) is 40.2 Å². The minimum absolute atomic E-state index is 0.0819. The van der Waals surface area contributed by atoms with E-state index in [9.17, 15) is 9.90 Å². The molecule has 1 N–H and O–H groups in total. The van der Waals surface area contributed by atoms with Gasteiger partial charge in [-0.15, -0.1) is 0 Å². The van der Waals surface area contributed by atoms with E-state index in [0.29, 0.717) is 6.54 Å². The lowest BCUT2D eigenvalue weighted by molar-refractivity contribution is 0.0620. The predicted molar refractivity (Wildman–Crippen MR) is 91.0 cm³/mol. The molecular formula is C19H24N2O2. The summed E-state index contributed by atoms with van der Waals surface area (Å²) in [4.78, 5) is 14.8. The summed E-state index contributed by atoms with van der Waals surface area (Å²) in [6.07, 6.45) is 1.97. The maximum atomic E-state index is 12.9. The topological polar surface area (TPSA) is 45.5 Å². The molecule has 23 heavy (non-hydrogen) atoms. The Bertz CT molecular complexity index is 691. The van der Waals surface area contributed by atoms with Gasteiger partial charge in [0.15, 0.2) is 0 Å². The molecule has 1 amide bonds. The average molecular weight is 312 g/mol. The van der Waals surface area contributed by atoms with E-state index in [1.165, 1.54) is 0 Å². The summed E-state index contributed by atoms with van der Waals surface area (Å²) in [5, 5.41) is 9.37. The first-order valence-corrected chi connectivity index (χ1v) is 8.26. The second kappa shape index (κ2) is 6.59. The smallest absolute Gasteiger partial charge is 0.255 e. The summed E-state index contributed by atoms with van der Waals surface area (Å²) in [5.41, 5.74) is 3.89. The first-order chi connectivity index (χ1) is 11.1. The van der Waals surface area contributed by atoms with Crippen molar-refractivity contribution in [2.24, 2.45) is 5.92 Å². The number of aliphatic hydroxyl groups excluding tert-OH is 1. The van der Waals surface area contributed by atoms with E-state index in [0.717, 1.165) is 42.0 Å². The Hall–Kier alpha value is -2.07. The van der Waals surface area contributed by atoms with Gasteiger partial charge in [-0.2, -0.15) is 0 Å². The van der Waals surface area contributed by atoms with Gasteiger partial charge < -0.3 is 14.6 Å². The van der Waals surface area contributed by atoms with E-state index >= 15 is 0 Å². The zero-order valence-electron chi connectivity index (χ0n) is 13.8. The van der Waals surface area contributed by atoms with Crippen LogP contribution in [0.4, 0.5) is 0 Å². The highest BCUT2D eigenvalue weighted by Crippen LogP contribution is 2.24. The monoisotopic (exact) mass is 312 g/mol. The Morgan fingerprint density at radius 1 is 1.26 bits per heavy atom. The van der Waals surface area contributed by atoms with Gasteiger partial charge in [-0.05, 0) is 50.8 Å². The van der Waals surface area contributed by atoms with Crippen molar-refractivity contribution in [2.45, 2.75) is 26.7 Å². The van der Waals surface area contributed by atoms with Gasteiger partial charge in [0.2, 0.25) is 0 Å². The van der Waals surface area contributed by atoms with Crippen molar-refractivity contribution >= 4 is 5.91 Å². The number of rotatable bonds is 3. The molecule has 1 aromatic carbocycles. The molecule has 1 fully saturated rings. The highest BCUT2D eigenvalue weighted by atomic mass is 16.3. The van der Waals surface area contributed by atoms with Crippen LogP contribution in [0.3, 0.4) is 0 Å². The highest BCUT2D eigenvalue weighted by molar-refractivity contribution is 5.96. The van der Waals surface area contributed by atoms with Gasteiger partial charge >= 0.3 is 0 Å². The standard InChI is InChI=1S/C19H24N2O2/c1-14-11-18(15(2)21(14)17-8-4-3-5-9-17)19(23)20-10-6-7-16(12-20)13-22/h3-5,8-9,11,16,22H,6-7,10,12-13H2,1-2H3. The van der Waals surface area contributed by atoms with Crippen LogP contribution in [0.15, 0.2) is 36.4 Å². The second-order valence-corrected chi connectivity index (χ2v) is 6.40. The molecule has 0 bridgehead atoms. The lowest BCUT2D eigenvalue weighted by atomic mass is 9.98. The lowest BCUT2D eigenvalue weighted by Gasteiger charge is -2.31. The third-order valence-electron chi connectivity index (χ3n) is 4.74. The Morgan fingerprint density at radius 3 is 2.70 bits per heavy atom. The molecule has 3 rings (SSSR count). The van der Waals surface area contributed by atoms with Crippen molar-refractivity contribution in [3.8, 4) is 5.69 Å². The van der Waals surface area contributed by atoms with Gasteiger partial charge in [0.1, 0.15) is 0 Å². The predicted octanol–water partition coefficient (Wildman–Crippen LogP) is 2.94. The van der Waals surface area contributed by atoms with Crippen LogP contribution >= 0.6 is 0 Å². The summed E-state index contributed by atoms with van der Waals surface area (Å²) >= 11 is 0. The van der Waals surface area contributed by atoms with Crippen LogP contribution in [0, 0.1) is 19.8 Å². The summed E-state index contributed by atoms with van der Waals surface area (Å²) in [6.45, 7) is 5.63. The minimum Gasteiger partial charge on any atom is -0.396 e. The van der Waals surface area contributed by atoms with Crippen LogP contribution < -0.4 is 0 Å². The Balaban J connectivity index is 1.90. The van der Waals surface area contributed by atoms with Gasteiger partial charge in [0, 0.05) is 36.8 Å². The van der Waals surface area contributed by atoms with E-state index in [1.807, 2.05) is 43.0 Å². The first kappa shape index (κ1) is 15.8. The number of aliphatic hydroxyl groups is 1. The summed E-state index contributed by atoms with van der Waals surface area (Å²) in [7, 11) is 0. The van der Waals surface area contributed by atoms with Gasteiger partial charge in [-0.3, -0.25) is 4.79 Å². The molecule has 1 atom stereocenters. The van der Waals surface area contributed by atoms with Gasteiger partial charge in [0.25, 0.3) is 5.91 Å². The molecule has 0 saturated carbocycles. The van der Waals surface area contributed by atoms with E-state index in [2.05, 4.69) is 16.7 Å². The van der Waals surface area contributed by atoms with Gasteiger partial charge in [-0.1, -0.05) is 18.2 Å². The zero-order valence-corrected chi connectivity index (χ0v) is 13.8. The number of aromatic nitrogens is 1. The molecule has 4 heteroatoms. The summed E-state index contributed by atoms with van der Waals surface area (Å²) in [5.74, 6) is 0.295. The maximum absolute atomic E-state index is 12.9. The van der Waals surface area contributed by atoms with Crippen molar-refractivity contribution in [3.63, 3.8) is 0 Å². The normalized spacial score (nSPS) is 18.2. The molecule has 2 aromatic rings. The van der Waals surface area contributed by atoms with Crippen LogP contribution in [0.2, 0.25) is 0 Å². The maximum Gasteiger partial charge on any atom is 0.255 e. The molecule has 1 aliphatic rings. The zero-order chi connectivity index (χ0) is 16.4. The summed E-state index contributed by atoms with van der Waals surface area (Å²) < 4.78 is 2.13. The number of para-hydroxylation sites is 1.